The molecule has 0 aliphatic carbocycles. The highest BCUT2D eigenvalue weighted by atomic mass is 19.2. The van der Waals surface area contributed by atoms with Gasteiger partial charge in [-0.1, -0.05) is 52.5 Å². The van der Waals surface area contributed by atoms with E-state index in [0.717, 1.165) is 0 Å². The van der Waals surface area contributed by atoms with E-state index in [-0.39, 0.29) is 34.1 Å². The summed E-state index contributed by atoms with van der Waals surface area (Å²) in [6.45, 7) is 9.50. The number of hydrogen-bond acceptors (Lipinski definition) is 0. The van der Waals surface area contributed by atoms with Crippen molar-refractivity contribution in [2.45, 2.75) is 161 Å². The van der Waals surface area contributed by atoms with E-state index < -0.39 is 45.4 Å². The zero-order valence-electron chi connectivity index (χ0n) is 23.7. The van der Waals surface area contributed by atoms with Gasteiger partial charge in [0.15, 0.2) is 39.7 Å². The minimum Gasteiger partial charge on any atom is -0.241 e. The second-order valence-electron chi connectivity index (χ2n) is 11.1. The number of rotatable bonds is 12. The minimum atomic E-state index is -4.13. The van der Waals surface area contributed by atoms with Gasteiger partial charge in [-0.15, -0.1) is 0 Å². The van der Waals surface area contributed by atoms with Crippen molar-refractivity contribution in [3.8, 4) is 0 Å². The number of unbranched alkanes of at least 4 members (excludes halogenated alkanes) is 3. The molecule has 0 saturated carbocycles. The lowest BCUT2D eigenvalue weighted by Crippen LogP contribution is -2.76. The standard InChI is InChI=1S/C21H34F8.C6H14/c1-11-12-13-15(4,23)17(6,25)19(8,27)21(10,29)20(9,28)18(7,26)16(5,24)14(2,3)22;1-3-5-6-4-2/h12-13H,11H2,1-10H3;3-6H2,1-2H3/b13-12+;. The van der Waals surface area contributed by atoms with Gasteiger partial charge in [0.2, 0.25) is 0 Å². The fourth-order valence-corrected chi connectivity index (χ4v) is 3.78. The molecule has 0 spiro atoms. The minimum absolute atomic E-state index is 0.182. The number of hydrogen-bond donors (Lipinski definition) is 0. The third-order valence-corrected chi connectivity index (χ3v) is 8.07. The number of halogens is 8. The maximum absolute atomic E-state index is 15.7. The summed E-state index contributed by atoms with van der Waals surface area (Å²) in [4.78, 5) is 0. The van der Waals surface area contributed by atoms with E-state index in [0.29, 0.717) is 40.7 Å². The second-order valence-corrected chi connectivity index (χ2v) is 11.1. The van der Waals surface area contributed by atoms with Crippen molar-refractivity contribution in [2.75, 3.05) is 0 Å². The fraction of sp³-hybridized carbons (Fsp3) is 0.926. The Morgan fingerprint density at radius 1 is 0.457 bits per heavy atom. The summed E-state index contributed by atoms with van der Waals surface area (Å²) < 4.78 is 122. The summed E-state index contributed by atoms with van der Waals surface area (Å²) in [5, 5.41) is 0. The molecule has 0 aromatic rings. The summed E-state index contributed by atoms with van der Waals surface area (Å²) in [7, 11) is 0. The van der Waals surface area contributed by atoms with Crippen LogP contribution >= 0.6 is 0 Å². The Hall–Kier alpha value is -0.820. The average Bonchev–Trinajstić information content (AvgIpc) is 2.69. The zero-order valence-corrected chi connectivity index (χ0v) is 23.7. The van der Waals surface area contributed by atoms with Crippen LogP contribution < -0.4 is 0 Å². The van der Waals surface area contributed by atoms with Gasteiger partial charge in [-0.25, -0.2) is 35.1 Å². The molecule has 0 aliphatic heterocycles. The van der Waals surface area contributed by atoms with E-state index in [2.05, 4.69) is 13.8 Å². The second kappa shape index (κ2) is 11.7. The molecule has 0 radical (unpaired) electrons. The van der Waals surface area contributed by atoms with Gasteiger partial charge < -0.3 is 0 Å². The quantitative estimate of drug-likeness (QED) is 0.135. The zero-order chi connectivity index (χ0) is 28.9. The van der Waals surface area contributed by atoms with Crippen LogP contribution in [0.2, 0.25) is 0 Å². The SMILES string of the molecule is CC/C=C/C(C)(F)C(C)(F)C(C)(F)C(C)(F)C(C)(F)C(C)(F)C(C)(F)C(C)(C)F.CCCCCC. The van der Waals surface area contributed by atoms with E-state index in [9.17, 15) is 8.78 Å². The van der Waals surface area contributed by atoms with Gasteiger partial charge in [0.25, 0.3) is 0 Å². The molecule has 35 heavy (non-hydrogen) atoms. The molecule has 0 rings (SSSR count). The van der Waals surface area contributed by atoms with E-state index in [1.165, 1.54) is 31.8 Å². The average molecular weight is 525 g/mol. The van der Waals surface area contributed by atoms with Gasteiger partial charge in [0.05, 0.1) is 0 Å². The Morgan fingerprint density at radius 2 is 0.743 bits per heavy atom. The molecule has 0 fully saturated rings. The van der Waals surface area contributed by atoms with Crippen LogP contribution in [-0.2, 0) is 0 Å². The molecule has 7 unspecified atom stereocenters. The molecule has 0 heterocycles. The summed E-state index contributed by atoms with van der Waals surface area (Å²) in [6.07, 6.45) is 7.62. The Labute approximate surface area is 208 Å². The monoisotopic (exact) mass is 524 g/mol. The first-order valence-corrected chi connectivity index (χ1v) is 12.4. The summed E-state index contributed by atoms with van der Waals surface area (Å²) in [5.41, 5.74) is -29.7. The van der Waals surface area contributed by atoms with E-state index >= 15 is 26.3 Å². The Morgan fingerprint density at radius 3 is 1.00 bits per heavy atom. The number of allylic oxidation sites excluding steroid dienone is 2. The van der Waals surface area contributed by atoms with Crippen LogP contribution in [0.1, 0.15) is 115 Å². The highest BCUT2D eigenvalue weighted by Crippen LogP contribution is 2.60. The summed E-state index contributed by atoms with van der Waals surface area (Å²) in [5.74, 6) is 0. The molecule has 0 bridgehead atoms. The molecule has 0 nitrogen and oxygen atoms in total. The van der Waals surface area contributed by atoms with Crippen molar-refractivity contribution >= 4 is 0 Å². The molecule has 0 aromatic carbocycles. The van der Waals surface area contributed by atoms with E-state index in [1.807, 2.05) is 0 Å². The van der Waals surface area contributed by atoms with Crippen LogP contribution in [0.3, 0.4) is 0 Å². The summed E-state index contributed by atoms with van der Waals surface area (Å²) >= 11 is 0. The van der Waals surface area contributed by atoms with Crippen LogP contribution in [0.25, 0.3) is 0 Å². The lowest BCUT2D eigenvalue weighted by atomic mass is 9.58. The molecule has 0 aliphatic rings. The predicted molar refractivity (Wildman–Crippen MR) is 131 cm³/mol. The van der Waals surface area contributed by atoms with Crippen molar-refractivity contribution in [3.05, 3.63) is 12.2 Å². The van der Waals surface area contributed by atoms with Crippen LogP contribution in [-0.4, -0.2) is 45.4 Å². The Kier molecular flexibility index (Phi) is 12.2. The first-order valence-electron chi connectivity index (χ1n) is 12.4. The largest absolute Gasteiger partial charge is 0.241 e. The Balaban J connectivity index is 0. The normalized spacial score (nSPS) is 24.9. The van der Waals surface area contributed by atoms with Crippen molar-refractivity contribution in [1.82, 2.24) is 0 Å². The molecule has 0 saturated heterocycles. The van der Waals surface area contributed by atoms with Crippen molar-refractivity contribution < 1.29 is 35.1 Å². The van der Waals surface area contributed by atoms with Gasteiger partial charge in [-0.3, -0.25) is 0 Å². The van der Waals surface area contributed by atoms with Crippen molar-refractivity contribution in [3.63, 3.8) is 0 Å². The van der Waals surface area contributed by atoms with Gasteiger partial charge >= 0.3 is 0 Å². The van der Waals surface area contributed by atoms with Crippen LogP contribution in [0.15, 0.2) is 12.2 Å². The maximum atomic E-state index is 15.7. The molecule has 8 heteroatoms. The summed E-state index contributed by atoms with van der Waals surface area (Å²) in [6, 6.07) is 0. The third-order valence-electron chi connectivity index (χ3n) is 8.07. The number of alkyl halides is 8. The van der Waals surface area contributed by atoms with Crippen LogP contribution in [0, 0.1) is 0 Å². The Bertz CT molecular complexity index is 661. The molecular weight excluding hydrogens is 476 g/mol. The molecule has 0 aromatic heterocycles. The lowest BCUT2D eigenvalue weighted by molar-refractivity contribution is -0.260. The molecule has 212 valence electrons. The fourth-order valence-electron chi connectivity index (χ4n) is 3.78. The van der Waals surface area contributed by atoms with Crippen LogP contribution in [0.5, 0.6) is 0 Å². The maximum Gasteiger partial charge on any atom is 0.181 e. The van der Waals surface area contributed by atoms with Gasteiger partial charge in [-0.2, -0.15) is 0 Å². The van der Waals surface area contributed by atoms with E-state index in [1.54, 1.807) is 6.92 Å². The molecule has 0 amide bonds. The van der Waals surface area contributed by atoms with E-state index in [4.69, 9.17) is 0 Å². The highest BCUT2D eigenvalue weighted by Gasteiger charge is 2.79. The topological polar surface area (TPSA) is 0 Å². The molecular formula is C27H48F8. The first-order chi connectivity index (χ1) is 15.2. The van der Waals surface area contributed by atoms with Gasteiger partial charge in [-0.05, 0) is 74.8 Å². The predicted octanol–water partition coefficient (Wildman–Crippen LogP) is 10.4. The van der Waals surface area contributed by atoms with Crippen LogP contribution in [0.4, 0.5) is 35.1 Å². The van der Waals surface area contributed by atoms with Gasteiger partial charge in [0.1, 0.15) is 5.67 Å². The van der Waals surface area contributed by atoms with Crippen molar-refractivity contribution in [2.24, 2.45) is 0 Å². The first kappa shape index (κ1) is 36.3. The van der Waals surface area contributed by atoms with Crippen molar-refractivity contribution in [1.29, 1.82) is 0 Å². The lowest BCUT2D eigenvalue weighted by Gasteiger charge is -2.55. The molecule has 0 N–H and O–H groups in total. The highest BCUT2D eigenvalue weighted by molar-refractivity contribution is 5.28. The third kappa shape index (κ3) is 6.55. The van der Waals surface area contributed by atoms with Gasteiger partial charge in [0, 0.05) is 0 Å². The molecule has 7 atom stereocenters. The smallest absolute Gasteiger partial charge is 0.181 e.